The number of carbonyl (C=O) groups excluding carboxylic acids is 2. The van der Waals surface area contributed by atoms with Gasteiger partial charge >= 0.3 is 0 Å². The van der Waals surface area contributed by atoms with E-state index in [-0.39, 0.29) is 16.9 Å². The number of hydrogen-bond acceptors (Lipinski definition) is 5. The van der Waals surface area contributed by atoms with E-state index in [4.69, 9.17) is 5.73 Å². The number of nitrogens with one attached hydrogen (secondary N) is 1. The van der Waals surface area contributed by atoms with Gasteiger partial charge in [-0.1, -0.05) is 18.2 Å². The Morgan fingerprint density at radius 2 is 1.63 bits per heavy atom. The number of fused-ring (bicyclic) bond motifs is 3. The lowest BCUT2D eigenvalue weighted by Gasteiger charge is -2.12. The average molecular weight is 356 g/mol. The fraction of sp³-hybridized carbons (Fsp3) is 0. The molecule has 1 aliphatic heterocycles. The highest BCUT2D eigenvalue weighted by atomic mass is 16.2. The van der Waals surface area contributed by atoms with Gasteiger partial charge in [0.05, 0.1) is 27.8 Å². The largest absolute Gasteiger partial charge is 0.384 e. The topological polar surface area (TPSA) is 107 Å². The van der Waals surface area contributed by atoms with Crippen LogP contribution in [0.5, 0.6) is 0 Å². The number of carbonyl (C=O) groups is 2. The predicted octanol–water partition coefficient (Wildman–Crippen LogP) is 2.00. The number of rotatable bonds is 1. The van der Waals surface area contributed by atoms with E-state index in [2.05, 4.69) is 10.3 Å². The molecule has 0 radical (unpaired) electrons. The van der Waals surface area contributed by atoms with Crippen LogP contribution in [0.25, 0.3) is 27.5 Å². The van der Waals surface area contributed by atoms with Crippen LogP contribution < -0.4 is 16.6 Å². The van der Waals surface area contributed by atoms with Gasteiger partial charge in [-0.15, -0.1) is 0 Å². The molecule has 3 N–H and O–H groups in total. The smallest absolute Gasteiger partial charge is 0.262 e. The van der Waals surface area contributed by atoms with Crippen LogP contribution >= 0.6 is 0 Å². The second-order valence-corrected chi connectivity index (χ2v) is 6.33. The molecule has 27 heavy (non-hydrogen) atoms. The Labute approximate surface area is 152 Å². The molecular formula is C20H12N4O3. The van der Waals surface area contributed by atoms with Crippen molar-refractivity contribution in [2.45, 2.75) is 0 Å². The molecule has 0 spiro atoms. The Morgan fingerprint density at radius 3 is 2.48 bits per heavy atom. The van der Waals surface area contributed by atoms with Crippen molar-refractivity contribution in [3.63, 3.8) is 0 Å². The summed E-state index contributed by atoms with van der Waals surface area (Å²) in [7, 11) is 0. The van der Waals surface area contributed by atoms with Crippen LogP contribution in [-0.2, 0) is 0 Å². The minimum Gasteiger partial charge on any atom is -0.384 e. The fourth-order valence-corrected chi connectivity index (χ4v) is 3.45. The molecule has 7 nitrogen and oxygen atoms in total. The van der Waals surface area contributed by atoms with Crippen molar-refractivity contribution in [1.82, 2.24) is 14.9 Å². The summed E-state index contributed by atoms with van der Waals surface area (Å²) >= 11 is 0. The maximum absolute atomic E-state index is 12.6. The first-order chi connectivity index (χ1) is 13.0. The normalized spacial score (nSPS) is 13.2. The number of nitrogens with zero attached hydrogens (tertiary/aromatic N) is 2. The van der Waals surface area contributed by atoms with Gasteiger partial charge in [0.1, 0.15) is 5.82 Å². The number of nitrogens with two attached hydrogens (primary N) is 1. The number of amides is 2. The Bertz CT molecular complexity index is 1370. The van der Waals surface area contributed by atoms with Crippen LogP contribution in [0.2, 0.25) is 0 Å². The van der Waals surface area contributed by atoms with E-state index in [0.717, 1.165) is 27.9 Å². The quantitative estimate of drug-likeness (QED) is 0.401. The Kier molecular flexibility index (Phi) is 2.97. The Hall–Kier alpha value is -4.00. The van der Waals surface area contributed by atoms with Gasteiger partial charge in [-0.3, -0.25) is 24.3 Å². The summed E-state index contributed by atoms with van der Waals surface area (Å²) in [5.41, 5.74) is 7.79. The lowest BCUT2D eigenvalue weighted by Crippen LogP contribution is -2.24. The summed E-state index contributed by atoms with van der Waals surface area (Å²) < 4.78 is 1.23. The van der Waals surface area contributed by atoms with Gasteiger partial charge in [0.25, 0.3) is 17.4 Å². The number of aromatic nitrogens is 2. The Morgan fingerprint density at radius 1 is 0.852 bits per heavy atom. The number of hydrogen-bond donors (Lipinski definition) is 2. The minimum absolute atomic E-state index is 0.00667. The molecule has 4 aromatic rings. The molecule has 0 fully saturated rings. The lowest BCUT2D eigenvalue weighted by atomic mass is 10.1. The van der Waals surface area contributed by atoms with Gasteiger partial charge in [-0.25, -0.2) is 4.98 Å². The summed E-state index contributed by atoms with van der Waals surface area (Å²) in [6.45, 7) is 0. The number of para-hydroxylation sites is 1. The van der Waals surface area contributed by atoms with E-state index in [9.17, 15) is 14.4 Å². The first-order valence-corrected chi connectivity index (χ1v) is 8.24. The van der Waals surface area contributed by atoms with Crippen LogP contribution in [0.3, 0.4) is 0 Å². The van der Waals surface area contributed by atoms with Gasteiger partial charge < -0.3 is 5.73 Å². The van der Waals surface area contributed by atoms with E-state index >= 15 is 0 Å². The second kappa shape index (κ2) is 5.25. The highest BCUT2D eigenvalue weighted by Crippen LogP contribution is 2.26. The first-order valence-electron chi connectivity index (χ1n) is 8.24. The van der Waals surface area contributed by atoms with Crippen LogP contribution in [0.4, 0.5) is 5.82 Å². The molecule has 2 aromatic heterocycles. The molecular weight excluding hydrogens is 344 g/mol. The number of pyridine rings is 2. The van der Waals surface area contributed by atoms with Gasteiger partial charge in [0.15, 0.2) is 0 Å². The van der Waals surface area contributed by atoms with Crippen molar-refractivity contribution in [2.75, 3.05) is 5.73 Å². The van der Waals surface area contributed by atoms with E-state index < -0.39 is 17.4 Å². The number of imide groups is 1. The monoisotopic (exact) mass is 356 g/mol. The second-order valence-electron chi connectivity index (χ2n) is 6.33. The number of anilines is 1. The zero-order valence-electron chi connectivity index (χ0n) is 13.9. The van der Waals surface area contributed by atoms with Gasteiger partial charge in [-0.2, -0.15) is 0 Å². The van der Waals surface area contributed by atoms with Crippen molar-refractivity contribution in [1.29, 1.82) is 0 Å². The van der Waals surface area contributed by atoms with Crippen LogP contribution in [-0.4, -0.2) is 21.4 Å². The zero-order chi connectivity index (χ0) is 18.7. The Balaban J connectivity index is 1.78. The van der Waals surface area contributed by atoms with Crippen LogP contribution in [0, 0.1) is 0 Å². The number of benzene rings is 2. The molecule has 0 saturated heterocycles. The summed E-state index contributed by atoms with van der Waals surface area (Å²) in [5, 5.41) is 3.96. The summed E-state index contributed by atoms with van der Waals surface area (Å²) in [6.07, 6.45) is 0. The molecule has 3 heterocycles. The molecule has 7 heteroatoms. The van der Waals surface area contributed by atoms with Crippen molar-refractivity contribution in [2.24, 2.45) is 0 Å². The van der Waals surface area contributed by atoms with Gasteiger partial charge in [0.2, 0.25) is 0 Å². The third-order valence-electron chi connectivity index (χ3n) is 4.71. The van der Waals surface area contributed by atoms with Crippen LogP contribution in [0.15, 0.2) is 59.4 Å². The molecule has 2 aromatic carbocycles. The maximum Gasteiger partial charge on any atom is 0.262 e. The molecule has 0 bridgehead atoms. The van der Waals surface area contributed by atoms with Gasteiger partial charge in [-0.05, 0) is 30.3 Å². The summed E-state index contributed by atoms with van der Waals surface area (Å²) in [5.74, 6) is -1.27. The van der Waals surface area contributed by atoms with Crippen molar-refractivity contribution in [3.05, 3.63) is 76.1 Å². The first kappa shape index (κ1) is 15.3. The zero-order valence-corrected chi connectivity index (χ0v) is 13.9. The van der Waals surface area contributed by atoms with Crippen molar-refractivity contribution < 1.29 is 9.59 Å². The van der Waals surface area contributed by atoms with Crippen molar-refractivity contribution >= 4 is 39.4 Å². The van der Waals surface area contributed by atoms with E-state index in [1.54, 1.807) is 18.2 Å². The SMILES string of the molecule is Nc1c2c(cc(=O)n1-c1ccc3nc4ccccc4cc3c1)C(=O)NC2=O. The van der Waals surface area contributed by atoms with Crippen molar-refractivity contribution in [3.8, 4) is 5.69 Å². The standard InChI is InChI=1S/C20H12N4O3/c21-18-17-13(19(26)23-20(17)27)9-16(25)24(18)12-5-6-15-11(8-12)7-10-3-1-2-4-14(10)22-15/h1-9H,21H2,(H,23,26,27). The molecule has 130 valence electrons. The lowest BCUT2D eigenvalue weighted by molar-refractivity contribution is 0.0880. The number of nitrogen functional groups attached to an aromatic ring is 1. The van der Waals surface area contributed by atoms with Gasteiger partial charge in [0, 0.05) is 16.8 Å². The predicted molar refractivity (Wildman–Crippen MR) is 101 cm³/mol. The third kappa shape index (κ3) is 2.15. The molecule has 1 aliphatic rings. The fourth-order valence-electron chi connectivity index (χ4n) is 3.45. The molecule has 0 saturated carbocycles. The maximum atomic E-state index is 12.6. The highest BCUT2D eigenvalue weighted by molar-refractivity contribution is 6.23. The summed E-state index contributed by atoms with van der Waals surface area (Å²) in [4.78, 5) is 41.0. The van der Waals surface area contributed by atoms with E-state index in [0.29, 0.717) is 5.69 Å². The van der Waals surface area contributed by atoms with E-state index in [1.807, 2.05) is 30.3 Å². The molecule has 0 aliphatic carbocycles. The molecule has 0 atom stereocenters. The molecule has 2 amide bonds. The third-order valence-corrected chi connectivity index (χ3v) is 4.71. The minimum atomic E-state index is -0.611. The van der Waals surface area contributed by atoms with E-state index in [1.165, 1.54) is 4.57 Å². The highest BCUT2D eigenvalue weighted by Gasteiger charge is 2.31. The van der Waals surface area contributed by atoms with Crippen LogP contribution in [0.1, 0.15) is 20.7 Å². The molecule has 5 rings (SSSR count). The average Bonchev–Trinajstić information content (AvgIpc) is 2.93. The summed E-state index contributed by atoms with van der Waals surface area (Å²) in [6, 6.07) is 16.1. The molecule has 0 unspecified atom stereocenters.